The van der Waals surface area contributed by atoms with Gasteiger partial charge in [0.1, 0.15) is 5.82 Å². The minimum Gasteiger partial charge on any atom is -0.452 e. The molecule has 0 saturated heterocycles. The number of halogens is 2. The first-order valence-corrected chi connectivity index (χ1v) is 7.06. The van der Waals surface area contributed by atoms with E-state index in [1.54, 1.807) is 0 Å². The first-order valence-electron chi connectivity index (χ1n) is 6.68. The zero-order chi connectivity index (χ0) is 17.7. The molecule has 0 radical (unpaired) electrons. The normalized spacial score (nSPS) is 10.1. The Bertz CT molecular complexity index is 793. The number of rotatable bonds is 5. The number of carbonyl (C=O) groups is 3. The van der Waals surface area contributed by atoms with E-state index in [4.69, 9.17) is 22.1 Å². The number of anilines is 1. The van der Waals surface area contributed by atoms with Gasteiger partial charge < -0.3 is 15.8 Å². The van der Waals surface area contributed by atoms with E-state index < -0.39 is 30.2 Å². The highest BCUT2D eigenvalue weighted by atomic mass is 35.5. The minimum atomic E-state index is -0.847. The third-order valence-corrected chi connectivity index (χ3v) is 3.14. The summed E-state index contributed by atoms with van der Waals surface area (Å²) in [6.45, 7) is -0.590. The van der Waals surface area contributed by atoms with E-state index in [9.17, 15) is 18.8 Å². The fraction of sp³-hybridized carbons (Fsp3) is 0.0625. The van der Waals surface area contributed by atoms with Crippen LogP contribution in [-0.4, -0.2) is 24.4 Å². The van der Waals surface area contributed by atoms with Gasteiger partial charge in [-0.15, -0.1) is 0 Å². The fourth-order valence-corrected chi connectivity index (χ4v) is 1.98. The molecule has 0 heterocycles. The van der Waals surface area contributed by atoms with Gasteiger partial charge in [-0.2, -0.15) is 0 Å². The Balaban J connectivity index is 2.23. The van der Waals surface area contributed by atoms with Gasteiger partial charge in [0, 0.05) is 10.6 Å². The van der Waals surface area contributed by atoms with Gasteiger partial charge in [0.2, 0.25) is 0 Å². The standard InChI is InChI=1S/C16H12ClFN2O4/c17-10-3-6-12(16(23)24-8-14(19)21)13(7-10)20-15(22)9-1-4-11(18)5-2-9/h1-7H,8H2,(H2,19,21)(H,20,22). The number of hydrogen-bond acceptors (Lipinski definition) is 4. The summed E-state index contributed by atoms with van der Waals surface area (Å²) in [5, 5.41) is 2.77. The van der Waals surface area contributed by atoms with Crippen LogP contribution in [0, 0.1) is 5.82 Å². The third-order valence-electron chi connectivity index (χ3n) is 2.90. The van der Waals surface area contributed by atoms with Crippen molar-refractivity contribution in [1.29, 1.82) is 0 Å². The average molecular weight is 351 g/mol. The van der Waals surface area contributed by atoms with Gasteiger partial charge in [0.05, 0.1) is 11.3 Å². The number of carbonyl (C=O) groups excluding carboxylic acids is 3. The summed E-state index contributed by atoms with van der Waals surface area (Å²) in [5.74, 6) is -2.71. The van der Waals surface area contributed by atoms with Crippen molar-refractivity contribution < 1.29 is 23.5 Å². The van der Waals surface area contributed by atoms with E-state index in [2.05, 4.69) is 5.32 Å². The van der Waals surface area contributed by atoms with Gasteiger partial charge in [-0.25, -0.2) is 9.18 Å². The van der Waals surface area contributed by atoms with E-state index in [0.717, 1.165) is 12.1 Å². The monoisotopic (exact) mass is 350 g/mol. The zero-order valence-electron chi connectivity index (χ0n) is 12.2. The van der Waals surface area contributed by atoms with Crippen molar-refractivity contribution >= 4 is 35.1 Å². The fourth-order valence-electron chi connectivity index (χ4n) is 1.81. The quantitative estimate of drug-likeness (QED) is 0.809. The van der Waals surface area contributed by atoms with Crippen LogP contribution in [0.15, 0.2) is 42.5 Å². The van der Waals surface area contributed by atoms with Crippen LogP contribution in [0.4, 0.5) is 10.1 Å². The number of benzene rings is 2. The van der Waals surface area contributed by atoms with Crippen molar-refractivity contribution in [3.8, 4) is 0 Å². The highest BCUT2D eigenvalue weighted by molar-refractivity contribution is 6.31. The molecular formula is C16H12ClFN2O4. The molecule has 0 atom stereocenters. The van der Waals surface area contributed by atoms with Crippen molar-refractivity contribution in [2.75, 3.05) is 11.9 Å². The number of nitrogens with one attached hydrogen (secondary N) is 1. The zero-order valence-corrected chi connectivity index (χ0v) is 13.0. The van der Waals surface area contributed by atoms with Crippen molar-refractivity contribution in [2.24, 2.45) is 5.73 Å². The average Bonchev–Trinajstić information content (AvgIpc) is 2.53. The molecule has 0 aliphatic heterocycles. The second kappa shape index (κ2) is 7.56. The van der Waals surface area contributed by atoms with Crippen LogP contribution in [0.1, 0.15) is 20.7 Å². The molecule has 0 fully saturated rings. The molecule has 0 spiro atoms. The molecular weight excluding hydrogens is 339 g/mol. The maximum atomic E-state index is 12.9. The summed E-state index contributed by atoms with van der Waals surface area (Å²) < 4.78 is 17.6. The van der Waals surface area contributed by atoms with Crippen LogP contribution >= 0.6 is 11.6 Å². The maximum absolute atomic E-state index is 12.9. The molecule has 0 saturated carbocycles. The lowest BCUT2D eigenvalue weighted by molar-refractivity contribution is -0.121. The van der Waals surface area contributed by atoms with Crippen molar-refractivity contribution in [1.82, 2.24) is 0 Å². The van der Waals surface area contributed by atoms with Crippen LogP contribution in [0.25, 0.3) is 0 Å². The molecule has 2 rings (SSSR count). The van der Waals surface area contributed by atoms with Crippen LogP contribution in [0.2, 0.25) is 5.02 Å². The highest BCUT2D eigenvalue weighted by Crippen LogP contribution is 2.23. The van der Waals surface area contributed by atoms with E-state index in [1.807, 2.05) is 0 Å². The summed E-state index contributed by atoms with van der Waals surface area (Å²) in [4.78, 5) is 34.8. The molecule has 2 aromatic carbocycles. The Morgan fingerprint density at radius 3 is 2.42 bits per heavy atom. The van der Waals surface area contributed by atoms with Gasteiger partial charge in [0.25, 0.3) is 11.8 Å². The Kier molecular flexibility index (Phi) is 5.49. The molecule has 0 aliphatic rings. The Morgan fingerprint density at radius 1 is 1.12 bits per heavy atom. The van der Waals surface area contributed by atoms with Crippen LogP contribution < -0.4 is 11.1 Å². The number of hydrogen-bond donors (Lipinski definition) is 2. The van der Waals surface area contributed by atoms with Gasteiger partial charge in [-0.3, -0.25) is 9.59 Å². The van der Waals surface area contributed by atoms with Crippen LogP contribution in [-0.2, 0) is 9.53 Å². The second-order valence-corrected chi connectivity index (χ2v) is 5.13. The summed E-state index contributed by atoms with van der Waals surface area (Å²) in [6, 6.07) is 8.97. The predicted octanol–water partition coefficient (Wildman–Crippen LogP) is 2.37. The van der Waals surface area contributed by atoms with Crippen LogP contribution in [0.3, 0.4) is 0 Å². The molecule has 24 heavy (non-hydrogen) atoms. The third kappa shape index (κ3) is 4.53. The van der Waals surface area contributed by atoms with E-state index in [0.29, 0.717) is 0 Å². The molecule has 6 nitrogen and oxygen atoms in total. The molecule has 8 heteroatoms. The van der Waals surface area contributed by atoms with Gasteiger partial charge in [-0.1, -0.05) is 11.6 Å². The second-order valence-electron chi connectivity index (χ2n) is 4.69. The van der Waals surface area contributed by atoms with E-state index in [-0.39, 0.29) is 21.8 Å². The summed E-state index contributed by atoms with van der Waals surface area (Å²) in [7, 11) is 0. The first-order chi connectivity index (χ1) is 11.4. The number of ether oxygens (including phenoxy) is 1. The number of primary amides is 1. The molecule has 124 valence electrons. The molecule has 2 aromatic rings. The molecule has 0 aromatic heterocycles. The molecule has 0 unspecified atom stereocenters. The lowest BCUT2D eigenvalue weighted by Gasteiger charge is -2.11. The highest BCUT2D eigenvalue weighted by Gasteiger charge is 2.17. The molecule has 3 N–H and O–H groups in total. The lowest BCUT2D eigenvalue weighted by atomic mass is 10.1. The van der Waals surface area contributed by atoms with Crippen molar-refractivity contribution in [2.45, 2.75) is 0 Å². The molecule has 2 amide bonds. The van der Waals surface area contributed by atoms with Gasteiger partial charge >= 0.3 is 5.97 Å². The number of esters is 1. The van der Waals surface area contributed by atoms with Crippen molar-refractivity contribution in [3.63, 3.8) is 0 Å². The summed E-state index contributed by atoms with van der Waals surface area (Å²) in [6.07, 6.45) is 0. The maximum Gasteiger partial charge on any atom is 0.340 e. The topological polar surface area (TPSA) is 98.5 Å². The van der Waals surface area contributed by atoms with Gasteiger partial charge in [-0.05, 0) is 42.5 Å². The summed E-state index contributed by atoms with van der Waals surface area (Å²) in [5.41, 5.74) is 5.19. The van der Waals surface area contributed by atoms with E-state index >= 15 is 0 Å². The summed E-state index contributed by atoms with van der Waals surface area (Å²) >= 11 is 5.87. The molecule has 0 bridgehead atoms. The smallest absolute Gasteiger partial charge is 0.340 e. The number of amides is 2. The largest absolute Gasteiger partial charge is 0.452 e. The van der Waals surface area contributed by atoms with E-state index in [1.165, 1.54) is 30.3 Å². The Hall–Kier alpha value is -2.93. The Morgan fingerprint density at radius 2 is 1.79 bits per heavy atom. The minimum absolute atomic E-state index is 0.00360. The van der Waals surface area contributed by atoms with Gasteiger partial charge in [0.15, 0.2) is 6.61 Å². The lowest BCUT2D eigenvalue weighted by Crippen LogP contribution is -2.22. The molecule has 0 aliphatic carbocycles. The SMILES string of the molecule is NC(=O)COC(=O)c1ccc(Cl)cc1NC(=O)c1ccc(F)cc1. The Labute approximate surface area is 141 Å². The van der Waals surface area contributed by atoms with Crippen molar-refractivity contribution in [3.05, 3.63) is 64.4 Å². The number of nitrogens with two attached hydrogens (primary N) is 1. The predicted molar refractivity (Wildman–Crippen MR) is 85.3 cm³/mol. The first kappa shape index (κ1) is 17.4. The van der Waals surface area contributed by atoms with Crippen LogP contribution in [0.5, 0.6) is 0 Å².